The molecule has 138 valence electrons. The molecule has 1 aliphatic heterocycles. The van der Waals surface area contributed by atoms with Gasteiger partial charge in [0.2, 0.25) is 0 Å². The van der Waals surface area contributed by atoms with Crippen LogP contribution in [0.15, 0.2) is 77.3 Å². The minimum atomic E-state index is -0.314. The van der Waals surface area contributed by atoms with Gasteiger partial charge in [-0.3, -0.25) is 4.79 Å². The molecule has 1 heterocycles. The van der Waals surface area contributed by atoms with Crippen LogP contribution >= 0.6 is 11.8 Å². The first-order chi connectivity index (χ1) is 13.0. The number of anilines is 1. The lowest BCUT2D eigenvalue weighted by atomic mass is 9.98. The van der Waals surface area contributed by atoms with Crippen molar-refractivity contribution in [3.63, 3.8) is 0 Å². The number of nitrogen functional groups attached to an aromatic ring is 1. The molecule has 0 saturated carbocycles. The topological polar surface area (TPSA) is 58.7 Å². The summed E-state index contributed by atoms with van der Waals surface area (Å²) in [7, 11) is 0. The molecule has 1 atom stereocenters. The lowest BCUT2D eigenvalue weighted by Crippen LogP contribution is -2.27. The van der Waals surface area contributed by atoms with E-state index in [4.69, 9.17) is 5.73 Å². The first-order valence-electron chi connectivity index (χ1n) is 8.42. The molecule has 2 N–H and O–H groups in total. The van der Waals surface area contributed by atoms with Gasteiger partial charge in [0, 0.05) is 12.1 Å². The Bertz CT molecular complexity index is 904. The van der Waals surface area contributed by atoms with Gasteiger partial charge < -0.3 is 5.73 Å². The Kier molecular flexibility index (Phi) is 5.76. The fraction of sp³-hybridized carbons (Fsp3) is 0.143. The SMILES string of the molecule is C=C/C=C(\SC)C(=O)N1N=C(c2ccc(N)cc2)CC1c1ccc(F)cc1. The summed E-state index contributed by atoms with van der Waals surface area (Å²) in [5, 5.41) is 6.07. The zero-order chi connectivity index (χ0) is 19.4. The molecule has 3 rings (SSSR count). The molecular formula is C21H20FN3OS. The monoisotopic (exact) mass is 381 g/mol. The molecule has 0 bridgehead atoms. The summed E-state index contributed by atoms with van der Waals surface area (Å²) in [6, 6.07) is 13.3. The van der Waals surface area contributed by atoms with E-state index in [-0.39, 0.29) is 17.8 Å². The van der Waals surface area contributed by atoms with Gasteiger partial charge in [-0.05, 0) is 47.7 Å². The van der Waals surface area contributed by atoms with Crippen LogP contribution in [0.3, 0.4) is 0 Å². The molecule has 6 heteroatoms. The van der Waals surface area contributed by atoms with Gasteiger partial charge in [-0.25, -0.2) is 9.40 Å². The van der Waals surface area contributed by atoms with E-state index in [9.17, 15) is 9.18 Å². The molecule has 27 heavy (non-hydrogen) atoms. The van der Waals surface area contributed by atoms with Crippen molar-refractivity contribution in [2.75, 3.05) is 12.0 Å². The fourth-order valence-corrected chi connectivity index (χ4v) is 3.44. The second-order valence-corrected chi connectivity index (χ2v) is 6.91. The smallest absolute Gasteiger partial charge is 0.280 e. The molecular weight excluding hydrogens is 361 g/mol. The van der Waals surface area contributed by atoms with E-state index < -0.39 is 0 Å². The van der Waals surface area contributed by atoms with Crippen LogP contribution < -0.4 is 5.73 Å². The molecule has 1 amide bonds. The second-order valence-electron chi connectivity index (χ2n) is 6.06. The highest BCUT2D eigenvalue weighted by atomic mass is 32.2. The molecule has 0 spiro atoms. The standard InChI is InChI=1S/C21H20FN3OS/c1-3-4-20(27-2)21(26)25-19(15-5-9-16(22)10-6-15)13-18(24-25)14-7-11-17(23)12-8-14/h3-12,19H,1,13,23H2,2H3/b20-4-. The minimum Gasteiger partial charge on any atom is -0.399 e. The number of hydrogen-bond acceptors (Lipinski definition) is 4. The van der Waals surface area contributed by atoms with E-state index in [2.05, 4.69) is 11.7 Å². The van der Waals surface area contributed by atoms with Crippen molar-refractivity contribution < 1.29 is 9.18 Å². The number of nitrogens with two attached hydrogens (primary N) is 1. The number of hydrogen-bond donors (Lipinski definition) is 1. The molecule has 0 aliphatic carbocycles. The third-order valence-corrected chi connectivity index (χ3v) is 5.07. The van der Waals surface area contributed by atoms with Gasteiger partial charge in [-0.2, -0.15) is 5.10 Å². The van der Waals surface area contributed by atoms with Gasteiger partial charge in [0.15, 0.2) is 0 Å². The Morgan fingerprint density at radius 2 is 1.93 bits per heavy atom. The maximum atomic E-state index is 13.3. The Morgan fingerprint density at radius 1 is 1.26 bits per heavy atom. The molecule has 1 unspecified atom stereocenters. The first-order valence-corrected chi connectivity index (χ1v) is 9.65. The number of amides is 1. The average Bonchev–Trinajstić information content (AvgIpc) is 3.12. The van der Waals surface area contributed by atoms with Crippen LogP contribution in [0, 0.1) is 5.82 Å². The largest absolute Gasteiger partial charge is 0.399 e. The van der Waals surface area contributed by atoms with Crippen LogP contribution in [0.5, 0.6) is 0 Å². The van der Waals surface area contributed by atoms with Crippen LogP contribution in [-0.2, 0) is 4.79 Å². The van der Waals surface area contributed by atoms with Gasteiger partial charge in [-0.15, -0.1) is 11.8 Å². The Labute approximate surface area is 162 Å². The van der Waals surface area contributed by atoms with E-state index in [1.165, 1.54) is 28.9 Å². The van der Waals surface area contributed by atoms with E-state index in [0.717, 1.165) is 16.8 Å². The number of thioether (sulfide) groups is 1. The van der Waals surface area contributed by atoms with E-state index in [1.807, 2.05) is 18.4 Å². The molecule has 2 aromatic rings. The zero-order valence-corrected chi connectivity index (χ0v) is 15.7. The number of benzene rings is 2. The molecule has 2 aromatic carbocycles. The highest BCUT2D eigenvalue weighted by Gasteiger charge is 2.34. The molecule has 0 saturated heterocycles. The quantitative estimate of drug-likeness (QED) is 0.471. The van der Waals surface area contributed by atoms with Crippen molar-refractivity contribution in [1.82, 2.24) is 5.01 Å². The number of carbonyl (C=O) groups excluding carboxylic acids is 1. The molecule has 0 fully saturated rings. The summed E-state index contributed by atoms with van der Waals surface area (Å²) >= 11 is 1.34. The van der Waals surface area contributed by atoms with Crippen molar-refractivity contribution in [3.8, 4) is 0 Å². The Morgan fingerprint density at radius 3 is 2.52 bits per heavy atom. The number of hydrazone groups is 1. The third kappa shape index (κ3) is 4.11. The predicted octanol–water partition coefficient (Wildman–Crippen LogP) is 4.52. The number of allylic oxidation sites excluding steroid dienone is 2. The Hall–Kier alpha value is -2.86. The van der Waals surface area contributed by atoms with Gasteiger partial charge in [-0.1, -0.05) is 36.9 Å². The maximum Gasteiger partial charge on any atom is 0.280 e. The highest BCUT2D eigenvalue weighted by molar-refractivity contribution is 8.03. The molecule has 0 radical (unpaired) electrons. The van der Waals surface area contributed by atoms with E-state index >= 15 is 0 Å². The van der Waals surface area contributed by atoms with Gasteiger partial charge in [0.25, 0.3) is 5.91 Å². The normalized spacial score (nSPS) is 17.0. The Balaban J connectivity index is 2.00. The lowest BCUT2D eigenvalue weighted by molar-refractivity contribution is -0.128. The lowest BCUT2D eigenvalue weighted by Gasteiger charge is -2.22. The van der Waals surface area contributed by atoms with Crippen molar-refractivity contribution in [2.24, 2.45) is 5.10 Å². The molecule has 1 aliphatic rings. The van der Waals surface area contributed by atoms with Crippen LogP contribution in [0.4, 0.5) is 10.1 Å². The predicted molar refractivity (Wildman–Crippen MR) is 110 cm³/mol. The number of nitrogens with zero attached hydrogens (tertiary/aromatic N) is 2. The molecule has 4 nitrogen and oxygen atoms in total. The van der Waals surface area contributed by atoms with Gasteiger partial charge in [0.1, 0.15) is 5.82 Å². The van der Waals surface area contributed by atoms with Gasteiger partial charge >= 0.3 is 0 Å². The summed E-state index contributed by atoms with van der Waals surface area (Å²) in [6.45, 7) is 3.67. The van der Waals surface area contributed by atoms with Crippen molar-refractivity contribution >= 4 is 29.1 Å². The van der Waals surface area contributed by atoms with Crippen molar-refractivity contribution in [2.45, 2.75) is 12.5 Å². The van der Waals surface area contributed by atoms with Crippen LogP contribution in [0.1, 0.15) is 23.6 Å². The maximum absolute atomic E-state index is 13.3. The summed E-state index contributed by atoms with van der Waals surface area (Å²) in [5.74, 6) is -0.521. The zero-order valence-electron chi connectivity index (χ0n) is 14.9. The van der Waals surface area contributed by atoms with Gasteiger partial charge in [0.05, 0.1) is 16.7 Å². The number of rotatable bonds is 5. The van der Waals surface area contributed by atoms with Crippen LogP contribution in [0.2, 0.25) is 0 Å². The highest BCUT2D eigenvalue weighted by Crippen LogP contribution is 2.35. The fourth-order valence-electron chi connectivity index (χ4n) is 2.94. The van der Waals surface area contributed by atoms with Crippen molar-refractivity contribution in [3.05, 3.63) is 89.1 Å². The van der Waals surface area contributed by atoms with Crippen molar-refractivity contribution in [1.29, 1.82) is 0 Å². The molecule has 0 aromatic heterocycles. The third-order valence-electron chi connectivity index (χ3n) is 4.32. The minimum absolute atomic E-state index is 0.206. The van der Waals surface area contributed by atoms with E-state index in [1.54, 1.807) is 36.4 Å². The summed E-state index contributed by atoms with van der Waals surface area (Å²) in [4.78, 5) is 13.6. The average molecular weight is 381 g/mol. The number of carbonyl (C=O) groups is 1. The second kappa shape index (κ2) is 8.22. The summed E-state index contributed by atoms with van der Waals surface area (Å²) < 4.78 is 13.3. The number of halogens is 1. The van der Waals surface area contributed by atoms with Crippen LogP contribution in [0.25, 0.3) is 0 Å². The first kappa shape index (κ1) is 18.9. The van der Waals surface area contributed by atoms with E-state index in [0.29, 0.717) is 17.0 Å². The summed E-state index contributed by atoms with van der Waals surface area (Å²) in [6.07, 6.45) is 5.63. The summed E-state index contributed by atoms with van der Waals surface area (Å²) in [5.41, 5.74) is 8.96. The van der Waals surface area contributed by atoms with Crippen LogP contribution in [-0.4, -0.2) is 22.9 Å².